The molecule has 0 aliphatic carbocycles. The first-order chi connectivity index (χ1) is 26.6. The summed E-state index contributed by atoms with van der Waals surface area (Å²) in [6.45, 7) is 0. The maximum Gasteiger partial charge on any atom is 2.00 e. The van der Waals surface area contributed by atoms with E-state index in [-0.39, 0.29) is 16.5 Å². The molecular formula is C48H31N5NiO. The van der Waals surface area contributed by atoms with E-state index in [9.17, 15) is 4.79 Å². The van der Waals surface area contributed by atoms with Crippen LogP contribution >= 0.6 is 0 Å². The molecule has 0 fully saturated rings. The summed E-state index contributed by atoms with van der Waals surface area (Å²) in [4.78, 5) is 34.6. The summed E-state index contributed by atoms with van der Waals surface area (Å²) in [5.41, 5.74) is 15.8. The topological polar surface area (TPSA) is 76.0 Å². The number of aromatic nitrogens is 5. The number of hydrogen-bond donors (Lipinski definition) is 0. The van der Waals surface area contributed by atoms with Gasteiger partial charge >= 0.3 is 16.5 Å². The van der Waals surface area contributed by atoms with Gasteiger partial charge in [0, 0.05) is 36.1 Å². The average Bonchev–Trinajstić information content (AvgIpc) is 4.07. The Kier molecular flexibility index (Phi) is 8.57. The van der Waals surface area contributed by atoms with E-state index in [0.717, 1.165) is 89.9 Å². The minimum absolute atomic E-state index is 0. The van der Waals surface area contributed by atoms with E-state index < -0.39 is 0 Å². The normalized spacial score (nSPS) is 11.8. The minimum Gasteiger partial charge on any atom is -0.657 e. The molecule has 0 amide bonds. The van der Waals surface area contributed by atoms with Crippen LogP contribution < -0.4 is 9.97 Å². The Morgan fingerprint density at radius 3 is 1.24 bits per heavy atom. The number of allylic oxidation sites excluding steroid dienone is 1. The van der Waals surface area contributed by atoms with Crippen LogP contribution in [0.25, 0.3) is 101 Å². The van der Waals surface area contributed by atoms with Gasteiger partial charge in [0.2, 0.25) is 0 Å². The molecule has 264 valence electrons. The first kappa shape index (κ1) is 34.0. The van der Waals surface area contributed by atoms with Crippen LogP contribution in [0, 0.1) is 0 Å². The monoisotopic (exact) mass is 751 g/mol. The molecule has 2 aliphatic rings. The van der Waals surface area contributed by atoms with Crippen molar-refractivity contribution < 1.29 is 21.3 Å². The van der Waals surface area contributed by atoms with Crippen LogP contribution in [-0.4, -0.2) is 20.8 Å². The van der Waals surface area contributed by atoms with Gasteiger partial charge < -0.3 is 14.5 Å². The maximum absolute atomic E-state index is 13.0. The van der Waals surface area contributed by atoms with E-state index in [1.54, 1.807) is 0 Å². The summed E-state index contributed by atoms with van der Waals surface area (Å²) < 4.78 is 2.10. The molecule has 10 rings (SSSR count). The van der Waals surface area contributed by atoms with Gasteiger partial charge in [-0.3, -0.25) is 4.79 Å². The van der Waals surface area contributed by atoms with Crippen molar-refractivity contribution in [1.29, 1.82) is 0 Å². The predicted octanol–water partition coefficient (Wildman–Crippen LogP) is 10.7. The number of benzene rings is 4. The molecule has 0 radical (unpaired) electrons. The van der Waals surface area contributed by atoms with Crippen molar-refractivity contribution in [2.24, 2.45) is 7.05 Å². The predicted molar refractivity (Wildman–Crippen MR) is 218 cm³/mol. The van der Waals surface area contributed by atoms with Crippen molar-refractivity contribution in [2.75, 3.05) is 0 Å². The number of aldehydes is 1. The standard InChI is InChI=1S/C48H32N5O.Ni/c1-53-27-35-36(28-53)48-45(33-20-12-5-13-21-33)40-25-24-38(50-40)43(31-16-8-3-9-17-31)46-34(29-54)26-41(51-46)42(30-14-6-2-7-15-30)37-22-23-39(49-37)44(47(35)52-48)32-18-10-4-11-19-32;/h2-29H,1H3,(H-,49,50,51,52,54);/q-1;+2/p-1. The van der Waals surface area contributed by atoms with Crippen molar-refractivity contribution in [3.63, 3.8) is 0 Å². The van der Waals surface area contributed by atoms with Crippen molar-refractivity contribution in [3.8, 4) is 67.0 Å². The second kappa shape index (κ2) is 13.9. The van der Waals surface area contributed by atoms with Gasteiger partial charge in [-0.25, -0.2) is 9.97 Å². The number of fused-ring (bicyclic) bond motifs is 11. The molecule has 4 aromatic heterocycles. The summed E-state index contributed by atoms with van der Waals surface area (Å²) in [5.74, 6) is 0. The SMILES string of the molecule is Cn1cc2c(c1)-c1nc-2c(-c2ccccc2)c2ccc([n-]2)c(-c2ccccc2)c2nc(c(-c3ccccc3)c3ccc([n-]3)c1-c1ccccc1)C(C=O)=C2.[Ni+2]. The van der Waals surface area contributed by atoms with E-state index in [1.807, 2.05) is 103 Å². The van der Waals surface area contributed by atoms with Crippen LogP contribution in [0.4, 0.5) is 0 Å². The average molecular weight is 753 g/mol. The summed E-state index contributed by atoms with van der Waals surface area (Å²) in [5, 5.41) is 0. The molecule has 2 aliphatic heterocycles. The number of aryl methyl sites for hydroxylation is 1. The van der Waals surface area contributed by atoms with Crippen LogP contribution in [0.5, 0.6) is 0 Å². The summed E-state index contributed by atoms with van der Waals surface area (Å²) in [6.07, 6.45) is 7.06. The first-order valence-electron chi connectivity index (χ1n) is 17.9. The maximum atomic E-state index is 13.0. The van der Waals surface area contributed by atoms with E-state index in [1.165, 1.54) is 0 Å². The molecule has 6 heterocycles. The molecule has 8 bridgehead atoms. The Morgan fingerprint density at radius 2 is 0.836 bits per heavy atom. The minimum atomic E-state index is 0. The Bertz CT molecular complexity index is 2940. The fourth-order valence-electron chi connectivity index (χ4n) is 7.77. The second-order valence-electron chi connectivity index (χ2n) is 13.5. The molecule has 0 atom stereocenters. The van der Waals surface area contributed by atoms with Crippen molar-refractivity contribution in [3.05, 3.63) is 169 Å². The molecule has 8 aromatic rings. The number of carbonyl (C=O) groups excluding carboxylic acids is 1. The van der Waals surface area contributed by atoms with Gasteiger partial charge in [0.15, 0.2) is 6.29 Å². The van der Waals surface area contributed by atoms with E-state index in [4.69, 9.17) is 19.9 Å². The van der Waals surface area contributed by atoms with E-state index in [2.05, 4.69) is 72.5 Å². The Balaban J connectivity index is 0.00000397. The van der Waals surface area contributed by atoms with Gasteiger partial charge in [-0.15, -0.1) is 22.1 Å². The van der Waals surface area contributed by atoms with Gasteiger partial charge in [-0.05, 0) is 50.6 Å². The molecule has 0 unspecified atom stereocenters. The molecule has 0 spiro atoms. The van der Waals surface area contributed by atoms with E-state index >= 15 is 0 Å². The summed E-state index contributed by atoms with van der Waals surface area (Å²) >= 11 is 0. The fraction of sp³-hybridized carbons (Fsp3) is 0.0208. The van der Waals surface area contributed by atoms with Crippen LogP contribution in [0.1, 0.15) is 11.4 Å². The van der Waals surface area contributed by atoms with Gasteiger partial charge in [0.25, 0.3) is 0 Å². The molecule has 4 aromatic carbocycles. The molecule has 0 saturated heterocycles. The third kappa shape index (κ3) is 5.77. The first-order valence-corrected chi connectivity index (χ1v) is 17.9. The summed E-state index contributed by atoms with van der Waals surface area (Å²) in [7, 11) is 2.05. The number of carbonyl (C=O) groups is 1. The molecular weight excluding hydrogens is 721 g/mol. The number of hydrogen-bond acceptors (Lipinski definition) is 3. The third-order valence-electron chi connectivity index (χ3n) is 10.1. The molecule has 55 heavy (non-hydrogen) atoms. The fourth-order valence-corrected chi connectivity index (χ4v) is 7.77. The quantitative estimate of drug-likeness (QED) is 0.129. The smallest absolute Gasteiger partial charge is 0.657 e. The zero-order valence-corrected chi connectivity index (χ0v) is 30.6. The molecule has 0 N–H and O–H groups in total. The zero-order valence-electron chi connectivity index (χ0n) is 29.6. The number of rotatable bonds is 5. The van der Waals surface area contributed by atoms with Crippen LogP contribution in [0.15, 0.2) is 158 Å². The van der Waals surface area contributed by atoms with Crippen molar-refractivity contribution in [1.82, 2.24) is 24.5 Å². The third-order valence-corrected chi connectivity index (χ3v) is 10.1. The molecule has 7 heteroatoms. The van der Waals surface area contributed by atoms with Gasteiger partial charge in [0.1, 0.15) is 0 Å². The van der Waals surface area contributed by atoms with Gasteiger partial charge in [-0.1, -0.05) is 146 Å². The second-order valence-corrected chi connectivity index (χ2v) is 13.5. The Labute approximate surface area is 327 Å². The zero-order chi connectivity index (χ0) is 36.2. The largest absolute Gasteiger partial charge is 2.00 e. The van der Waals surface area contributed by atoms with Gasteiger partial charge in [0.05, 0.1) is 22.8 Å². The van der Waals surface area contributed by atoms with Crippen molar-refractivity contribution in [2.45, 2.75) is 0 Å². The summed E-state index contributed by atoms with van der Waals surface area (Å²) in [6, 6.07) is 49.1. The van der Waals surface area contributed by atoms with Crippen LogP contribution in [0.3, 0.4) is 0 Å². The van der Waals surface area contributed by atoms with Crippen LogP contribution in [-0.2, 0) is 28.3 Å². The molecule has 0 saturated carbocycles. The molecule has 6 nitrogen and oxygen atoms in total. The van der Waals surface area contributed by atoms with Gasteiger partial charge in [-0.2, -0.15) is 0 Å². The van der Waals surface area contributed by atoms with Crippen LogP contribution in [0.2, 0.25) is 0 Å². The Morgan fingerprint density at radius 1 is 0.473 bits per heavy atom. The van der Waals surface area contributed by atoms with Crippen molar-refractivity contribution >= 4 is 40.0 Å². The van der Waals surface area contributed by atoms with E-state index in [0.29, 0.717) is 22.5 Å². The Hall–Kier alpha value is -6.82. The number of nitrogens with zero attached hydrogens (tertiary/aromatic N) is 5.